The maximum atomic E-state index is 10.1. The summed E-state index contributed by atoms with van der Waals surface area (Å²) in [5, 5.41) is 8.29. The van der Waals surface area contributed by atoms with Crippen LogP contribution in [0, 0.1) is 0 Å². The number of carbonyl (C=O) groups is 1. The molecule has 0 saturated carbocycles. The highest BCUT2D eigenvalue weighted by atomic mass is 16.4. The second-order valence-electron chi connectivity index (χ2n) is 1.65. The molecule has 1 heterocycles. The van der Waals surface area contributed by atoms with Crippen LogP contribution in [0.25, 0.3) is 0 Å². The molecule has 1 rings (SSSR count). The maximum Gasteiger partial charge on any atom is 0.411 e. The van der Waals surface area contributed by atoms with Gasteiger partial charge in [-0.05, 0) is 6.42 Å². The van der Waals surface area contributed by atoms with E-state index in [9.17, 15) is 4.79 Å². The van der Waals surface area contributed by atoms with E-state index in [1.165, 1.54) is 4.90 Å². The van der Waals surface area contributed by atoms with E-state index in [4.69, 9.17) is 5.11 Å². The second-order valence-corrected chi connectivity index (χ2v) is 1.65. The van der Waals surface area contributed by atoms with Crippen LogP contribution in [0.2, 0.25) is 0 Å². The SMILES string of the molecule is O=C(O)N1C=CCC1. The van der Waals surface area contributed by atoms with Crippen molar-refractivity contribution in [2.45, 2.75) is 6.42 Å². The van der Waals surface area contributed by atoms with E-state index in [2.05, 4.69) is 0 Å². The van der Waals surface area contributed by atoms with E-state index >= 15 is 0 Å². The molecule has 0 fully saturated rings. The van der Waals surface area contributed by atoms with Crippen LogP contribution in [0.5, 0.6) is 0 Å². The monoisotopic (exact) mass is 113 g/mol. The van der Waals surface area contributed by atoms with E-state index < -0.39 is 6.09 Å². The standard InChI is InChI=1S/C5H7NO2/c7-5(8)6-3-1-2-4-6/h1,3H,2,4H2,(H,7,8). The van der Waals surface area contributed by atoms with Crippen molar-refractivity contribution in [1.29, 1.82) is 0 Å². The maximum absolute atomic E-state index is 10.1. The molecular formula is C5H7NO2. The zero-order chi connectivity index (χ0) is 5.98. The number of nitrogens with zero attached hydrogens (tertiary/aromatic N) is 1. The lowest BCUT2D eigenvalue weighted by Gasteiger charge is -2.05. The van der Waals surface area contributed by atoms with Crippen LogP contribution in [0.4, 0.5) is 4.79 Å². The van der Waals surface area contributed by atoms with E-state index in [0.717, 1.165) is 6.42 Å². The van der Waals surface area contributed by atoms with E-state index in [0.29, 0.717) is 6.54 Å². The molecule has 0 aromatic heterocycles. The topological polar surface area (TPSA) is 40.5 Å². The van der Waals surface area contributed by atoms with Gasteiger partial charge in [-0.15, -0.1) is 0 Å². The molecule has 0 aromatic carbocycles. The fourth-order valence-corrected chi connectivity index (χ4v) is 0.649. The van der Waals surface area contributed by atoms with Crippen molar-refractivity contribution in [2.24, 2.45) is 0 Å². The Morgan fingerprint density at radius 2 is 2.50 bits per heavy atom. The molecule has 1 amide bonds. The fourth-order valence-electron chi connectivity index (χ4n) is 0.649. The Morgan fingerprint density at radius 1 is 1.75 bits per heavy atom. The van der Waals surface area contributed by atoms with Gasteiger partial charge in [0.15, 0.2) is 0 Å². The smallest absolute Gasteiger partial charge is 0.411 e. The molecule has 0 aromatic rings. The normalized spacial score (nSPS) is 17.2. The van der Waals surface area contributed by atoms with Crippen LogP contribution >= 0.6 is 0 Å². The van der Waals surface area contributed by atoms with Crippen LogP contribution in [0.3, 0.4) is 0 Å². The number of amides is 1. The lowest BCUT2D eigenvalue weighted by molar-refractivity contribution is 0.166. The summed E-state index contributed by atoms with van der Waals surface area (Å²) in [6.45, 7) is 0.620. The van der Waals surface area contributed by atoms with Gasteiger partial charge < -0.3 is 5.11 Å². The van der Waals surface area contributed by atoms with Gasteiger partial charge in [-0.2, -0.15) is 0 Å². The van der Waals surface area contributed by atoms with Gasteiger partial charge in [0, 0.05) is 12.7 Å². The predicted molar refractivity (Wildman–Crippen MR) is 28.5 cm³/mol. The molecule has 3 nitrogen and oxygen atoms in total. The molecule has 0 aliphatic carbocycles. The highest BCUT2D eigenvalue weighted by Crippen LogP contribution is 2.02. The molecule has 8 heavy (non-hydrogen) atoms. The zero-order valence-corrected chi connectivity index (χ0v) is 4.37. The van der Waals surface area contributed by atoms with Crippen molar-refractivity contribution in [3.63, 3.8) is 0 Å². The minimum absolute atomic E-state index is 0.620. The average Bonchev–Trinajstić information content (AvgIpc) is 2.12. The molecule has 3 heteroatoms. The largest absolute Gasteiger partial charge is 0.465 e. The lowest BCUT2D eigenvalue weighted by Crippen LogP contribution is -2.20. The Kier molecular flexibility index (Phi) is 1.20. The van der Waals surface area contributed by atoms with Gasteiger partial charge in [-0.1, -0.05) is 6.08 Å². The third-order valence-electron chi connectivity index (χ3n) is 1.07. The highest BCUT2D eigenvalue weighted by Gasteiger charge is 2.09. The molecule has 1 aliphatic heterocycles. The summed E-state index contributed by atoms with van der Waals surface area (Å²) in [5.74, 6) is 0. The second kappa shape index (κ2) is 1.86. The fraction of sp³-hybridized carbons (Fsp3) is 0.400. The van der Waals surface area contributed by atoms with E-state index in [-0.39, 0.29) is 0 Å². The summed E-state index contributed by atoms with van der Waals surface area (Å²) in [5.41, 5.74) is 0. The lowest BCUT2D eigenvalue weighted by atomic mass is 10.5. The van der Waals surface area contributed by atoms with Gasteiger partial charge in [0.05, 0.1) is 0 Å². The third-order valence-corrected chi connectivity index (χ3v) is 1.07. The molecular weight excluding hydrogens is 106 g/mol. The van der Waals surface area contributed by atoms with E-state index in [1.807, 2.05) is 6.08 Å². The zero-order valence-electron chi connectivity index (χ0n) is 4.37. The van der Waals surface area contributed by atoms with Crippen LogP contribution in [0.1, 0.15) is 6.42 Å². The minimum Gasteiger partial charge on any atom is -0.465 e. The Labute approximate surface area is 47.2 Å². The van der Waals surface area contributed by atoms with Crippen molar-refractivity contribution < 1.29 is 9.90 Å². The molecule has 1 N–H and O–H groups in total. The van der Waals surface area contributed by atoms with Crippen molar-refractivity contribution in [3.05, 3.63) is 12.3 Å². The van der Waals surface area contributed by atoms with Crippen molar-refractivity contribution >= 4 is 6.09 Å². The van der Waals surface area contributed by atoms with Gasteiger partial charge in [0.2, 0.25) is 0 Å². The van der Waals surface area contributed by atoms with Crippen molar-refractivity contribution in [2.75, 3.05) is 6.54 Å². The van der Waals surface area contributed by atoms with Crippen LogP contribution in [-0.4, -0.2) is 22.6 Å². The van der Waals surface area contributed by atoms with Crippen molar-refractivity contribution in [3.8, 4) is 0 Å². The number of rotatable bonds is 0. The van der Waals surface area contributed by atoms with E-state index in [1.54, 1.807) is 6.20 Å². The Balaban J connectivity index is 2.48. The first kappa shape index (κ1) is 5.15. The Hall–Kier alpha value is -0.990. The van der Waals surface area contributed by atoms with Gasteiger partial charge in [-0.3, -0.25) is 4.90 Å². The Morgan fingerprint density at radius 3 is 2.75 bits per heavy atom. The van der Waals surface area contributed by atoms with Gasteiger partial charge >= 0.3 is 6.09 Å². The third kappa shape index (κ3) is 0.804. The summed E-state index contributed by atoms with van der Waals surface area (Å²) in [4.78, 5) is 11.3. The molecule has 44 valence electrons. The molecule has 0 atom stereocenters. The molecule has 0 spiro atoms. The number of hydrogen-bond acceptors (Lipinski definition) is 1. The molecule has 0 unspecified atom stereocenters. The molecule has 1 aliphatic rings. The number of carboxylic acid groups (broad SMARTS) is 1. The Bertz CT molecular complexity index is 130. The molecule has 0 radical (unpaired) electrons. The molecule has 0 saturated heterocycles. The van der Waals surface area contributed by atoms with Gasteiger partial charge in [0.1, 0.15) is 0 Å². The first-order valence-corrected chi connectivity index (χ1v) is 2.47. The summed E-state index contributed by atoms with van der Waals surface area (Å²) in [6.07, 6.45) is 3.42. The first-order valence-electron chi connectivity index (χ1n) is 2.47. The highest BCUT2D eigenvalue weighted by molar-refractivity contribution is 5.66. The van der Waals surface area contributed by atoms with Crippen LogP contribution in [-0.2, 0) is 0 Å². The quantitative estimate of drug-likeness (QED) is 0.506. The van der Waals surface area contributed by atoms with Crippen LogP contribution in [0.15, 0.2) is 12.3 Å². The summed E-state index contributed by atoms with van der Waals surface area (Å²) in [7, 11) is 0. The minimum atomic E-state index is -0.862. The molecule has 0 bridgehead atoms. The summed E-state index contributed by atoms with van der Waals surface area (Å²) >= 11 is 0. The predicted octanol–water partition coefficient (Wildman–Crippen LogP) is 0.884. The van der Waals surface area contributed by atoms with Gasteiger partial charge in [-0.25, -0.2) is 4.79 Å². The summed E-state index contributed by atoms with van der Waals surface area (Å²) in [6, 6.07) is 0. The number of hydrogen-bond donors (Lipinski definition) is 1. The summed E-state index contributed by atoms with van der Waals surface area (Å²) < 4.78 is 0. The van der Waals surface area contributed by atoms with Crippen LogP contribution < -0.4 is 0 Å². The van der Waals surface area contributed by atoms with Gasteiger partial charge in [0.25, 0.3) is 0 Å². The first-order chi connectivity index (χ1) is 3.80. The van der Waals surface area contributed by atoms with Crippen molar-refractivity contribution in [1.82, 2.24) is 4.90 Å². The average molecular weight is 113 g/mol.